The third-order valence-corrected chi connectivity index (χ3v) is 10.7. The van der Waals surface area contributed by atoms with Gasteiger partial charge in [-0.25, -0.2) is 0 Å². The van der Waals surface area contributed by atoms with Gasteiger partial charge in [0.25, 0.3) is 0 Å². The molecule has 4 unspecified atom stereocenters. The second kappa shape index (κ2) is 28.0. The van der Waals surface area contributed by atoms with Gasteiger partial charge in [0, 0.05) is 38.1 Å². The summed E-state index contributed by atoms with van der Waals surface area (Å²) in [6.07, 6.45) is 9.56. The van der Waals surface area contributed by atoms with Gasteiger partial charge in [0.2, 0.25) is 0 Å². The number of hydrogen-bond donors (Lipinski definition) is 2. The maximum atomic E-state index is 11.0. The molecule has 0 radical (unpaired) electrons. The summed E-state index contributed by atoms with van der Waals surface area (Å²) >= 11 is 0. The summed E-state index contributed by atoms with van der Waals surface area (Å²) in [5.74, 6) is 52.9. The quantitative estimate of drug-likeness (QED) is 0.124. The van der Waals surface area contributed by atoms with Crippen molar-refractivity contribution in [1.29, 1.82) is 0 Å². The van der Waals surface area contributed by atoms with E-state index in [1.165, 1.54) is 5.52 Å². The topological polar surface area (TPSA) is 67.4 Å². The van der Waals surface area contributed by atoms with E-state index in [2.05, 4.69) is 175 Å². The number of phenolic OH excluding ortho intramolecular Hbond substituents is 2. The van der Waals surface area contributed by atoms with E-state index in [0.717, 1.165) is 27.4 Å². The molecule has 4 aromatic rings. The molecule has 55 heavy (non-hydrogen) atoms. The third-order valence-electron chi connectivity index (χ3n) is 6.10. The molecule has 0 fully saturated rings. The number of nitrogens with zero attached hydrogens (tertiary/aromatic N) is 2. The first kappa shape index (κ1) is 47.6. The van der Waals surface area contributed by atoms with E-state index >= 15 is 0 Å². The number of aromatic nitrogens is 2. The number of aldehydes is 1. The smallest absolute Gasteiger partial charge is 0.154 e. The molecular formula is C44H34N2O3P6. The van der Waals surface area contributed by atoms with Gasteiger partial charge in [-0.2, -0.15) is 0 Å². The van der Waals surface area contributed by atoms with Crippen molar-refractivity contribution in [2.24, 2.45) is 0 Å². The number of aromatic hydroxyl groups is 2. The van der Waals surface area contributed by atoms with Crippen molar-refractivity contribution in [2.45, 2.75) is 34.6 Å². The summed E-state index contributed by atoms with van der Waals surface area (Å²) in [7, 11) is 10.3. The minimum absolute atomic E-state index is 0.0505. The van der Waals surface area contributed by atoms with E-state index in [0.29, 0.717) is 17.6 Å². The minimum Gasteiger partial charge on any atom is -0.508 e. The van der Waals surface area contributed by atoms with Gasteiger partial charge in [-0.15, -0.1) is 6.42 Å². The highest BCUT2D eigenvalue weighted by Crippen LogP contribution is 2.56. The van der Waals surface area contributed by atoms with Gasteiger partial charge in [0.1, 0.15) is 11.5 Å². The second-order valence-corrected chi connectivity index (χ2v) is 22.1. The summed E-state index contributed by atoms with van der Waals surface area (Å²) in [6.45, 7) is 9.10. The van der Waals surface area contributed by atoms with Crippen LogP contribution in [0.5, 0.6) is 11.5 Å². The van der Waals surface area contributed by atoms with Crippen LogP contribution in [0.1, 0.15) is 42.3 Å². The van der Waals surface area contributed by atoms with Crippen molar-refractivity contribution >= 4 is 78.7 Å². The monoisotopic (exact) mass is 824 g/mol. The molecular weight excluding hydrogens is 790 g/mol. The standard InChI is InChI=1S/C13H4.C12H6.C10H12NO2P3.C9H12NOP3/c1-3-5-7-9-11-13-12-10-8-6-4-2;1-3-5-7-9-11-12-10-8-6-4-2;1-6-4-9(13)8(5-12)7-2-3-11(10(6)7)16(14)15;1-6-4-8(11)5-7-2-3-10(9(6)7)14(12)13/h1H,2H3;1-2H3;2-5,13H,14-15H2,1H3;2-5,11H,12-13H2,1H3. The van der Waals surface area contributed by atoms with E-state index < -0.39 is 7.45 Å². The van der Waals surface area contributed by atoms with Crippen molar-refractivity contribution in [2.75, 3.05) is 0 Å². The van der Waals surface area contributed by atoms with Crippen molar-refractivity contribution < 1.29 is 15.0 Å². The number of terminal acetylenes is 1. The molecule has 11 heteroatoms. The van der Waals surface area contributed by atoms with Gasteiger partial charge in [-0.1, -0.05) is 53.5 Å². The van der Waals surface area contributed by atoms with Crippen LogP contribution < -0.4 is 0 Å². The molecule has 0 spiro atoms. The molecule has 0 aliphatic heterocycles. The average Bonchev–Trinajstić information content (AvgIpc) is 3.79. The zero-order valence-corrected chi connectivity index (χ0v) is 37.0. The fraction of sp³-hybridized carbons (Fsp3) is 0.114. The number of aryl methyl sites for hydroxylation is 2. The minimum atomic E-state index is -0.449. The first-order valence-electron chi connectivity index (χ1n) is 15.4. The number of benzene rings is 2. The van der Waals surface area contributed by atoms with Crippen LogP contribution >= 0.6 is 50.6 Å². The molecule has 4 atom stereocenters. The van der Waals surface area contributed by atoms with Crippen LogP contribution in [0.4, 0.5) is 0 Å². The van der Waals surface area contributed by atoms with Gasteiger partial charge in [0.15, 0.2) is 6.29 Å². The zero-order chi connectivity index (χ0) is 41.0. The lowest BCUT2D eigenvalue weighted by molar-refractivity contribution is 0.112. The fourth-order valence-electron chi connectivity index (χ4n) is 4.11. The second-order valence-electron chi connectivity index (χ2n) is 9.81. The number of fused-ring (bicyclic) bond motifs is 2. The molecule has 0 saturated carbocycles. The Morgan fingerprint density at radius 2 is 1.00 bits per heavy atom. The molecule has 0 aliphatic carbocycles. The summed E-state index contributed by atoms with van der Waals surface area (Å²) in [6, 6.07) is 9.14. The van der Waals surface area contributed by atoms with Crippen LogP contribution in [-0.2, 0) is 0 Å². The van der Waals surface area contributed by atoms with Crippen LogP contribution in [-0.4, -0.2) is 25.2 Å². The number of rotatable bonds is 3. The summed E-state index contributed by atoms with van der Waals surface area (Å²) in [5, 5.41) is 21.0. The molecule has 4 rings (SSSR count). The summed E-state index contributed by atoms with van der Waals surface area (Å²) in [4.78, 5) is 11.0. The van der Waals surface area contributed by atoms with E-state index in [-0.39, 0.29) is 13.2 Å². The Balaban J connectivity index is 0.000000369. The van der Waals surface area contributed by atoms with Crippen LogP contribution in [0.15, 0.2) is 42.7 Å². The molecule has 0 saturated heterocycles. The molecule has 0 bridgehead atoms. The van der Waals surface area contributed by atoms with Crippen LogP contribution in [0.25, 0.3) is 21.8 Å². The largest absolute Gasteiger partial charge is 0.508 e. The van der Waals surface area contributed by atoms with Gasteiger partial charge in [0.05, 0.1) is 16.6 Å². The van der Waals surface area contributed by atoms with Crippen molar-refractivity contribution in [3.05, 3.63) is 59.4 Å². The number of carbonyl (C=O) groups is 1. The molecule has 0 aliphatic rings. The lowest BCUT2D eigenvalue weighted by atomic mass is 10.1. The summed E-state index contributed by atoms with van der Waals surface area (Å²) < 4.78 is 4.32. The van der Waals surface area contributed by atoms with Crippen LogP contribution in [0, 0.1) is 145 Å². The maximum Gasteiger partial charge on any atom is 0.154 e. The highest BCUT2D eigenvalue weighted by Gasteiger charge is 2.14. The molecule has 2 aromatic heterocycles. The number of phenols is 2. The number of hydrogen-bond acceptors (Lipinski definition) is 3. The molecule has 268 valence electrons. The van der Waals surface area contributed by atoms with E-state index in [9.17, 15) is 15.0 Å². The Morgan fingerprint density at radius 3 is 1.42 bits per heavy atom. The Kier molecular flexibility index (Phi) is 24.2. The molecule has 5 nitrogen and oxygen atoms in total. The van der Waals surface area contributed by atoms with E-state index in [4.69, 9.17) is 6.42 Å². The van der Waals surface area contributed by atoms with E-state index in [1.54, 1.807) is 39.0 Å². The Hall–Kier alpha value is -5.47. The third kappa shape index (κ3) is 17.5. The summed E-state index contributed by atoms with van der Waals surface area (Å²) in [5.41, 5.74) is 4.67. The van der Waals surface area contributed by atoms with Gasteiger partial charge < -0.3 is 18.9 Å². The average molecular weight is 825 g/mol. The van der Waals surface area contributed by atoms with Crippen LogP contribution in [0.3, 0.4) is 0 Å². The lowest BCUT2D eigenvalue weighted by Crippen LogP contribution is -1.89. The predicted octanol–water partition coefficient (Wildman–Crippen LogP) is 8.47. The van der Waals surface area contributed by atoms with Crippen molar-refractivity contribution in [3.8, 4) is 142 Å². The Morgan fingerprint density at radius 1 is 0.600 bits per heavy atom. The molecule has 0 amide bonds. The molecule has 2 heterocycles. The van der Waals surface area contributed by atoms with Gasteiger partial charge in [-0.3, -0.25) is 4.79 Å². The van der Waals surface area contributed by atoms with Gasteiger partial charge >= 0.3 is 0 Å². The maximum absolute atomic E-state index is 11.0. The first-order valence-corrected chi connectivity index (χ1v) is 24.4. The van der Waals surface area contributed by atoms with Crippen LogP contribution in [0.2, 0.25) is 0 Å². The highest BCUT2D eigenvalue weighted by atomic mass is 32.4. The Bertz CT molecular complexity index is 2700. The fourth-order valence-corrected chi connectivity index (χ4v) is 7.86. The molecule has 2 aromatic carbocycles. The zero-order valence-electron chi connectivity index (χ0n) is 30.6. The number of carbonyl (C=O) groups excluding carboxylic acids is 1. The first-order chi connectivity index (χ1) is 26.5. The van der Waals surface area contributed by atoms with E-state index in [1.807, 2.05) is 32.2 Å². The normalized spacial score (nSPS) is 7.89. The van der Waals surface area contributed by atoms with Crippen molar-refractivity contribution in [1.82, 2.24) is 8.68 Å². The predicted molar refractivity (Wildman–Crippen MR) is 249 cm³/mol. The lowest BCUT2D eigenvalue weighted by Gasteiger charge is -2.12. The SMILES string of the molecule is C#CC#CC#CC#CC#CC#CC.CC#CC#CC#CC#CC#CC.Cc1cc(O)c(C=O)c2ccn(P(P)P)c12.Cc1cc(O)cc2ccn(P(P)P)c12. The van der Waals surface area contributed by atoms with Gasteiger partial charge in [-0.05, 0) is 183 Å². The molecule has 2 N–H and O–H groups in total. The highest BCUT2D eigenvalue weighted by molar-refractivity contribution is 8.43. The Labute approximate surface area is 337 Å². The van der Waals surface area contributed by atoms with Crippen molar-refractivity contribution in [3.63, 3.8) is 0 Å².